The number of nitro benzene ring substituents is 1. The molecule has 0 saturated carbocycles. The number of hydrogen-bond acceptors (Lipinski definition) is 7. The number of Topliss-reactive ketones (excluding diaryl/α,β-unsaturated/α-hetero) is 1. The van der Waals surface area contributed by atoms with Gasteiger partial charge in [0, 0.05) is 30.6 Å². The lowest BCUT2D eigenvalue weighted by Crippen LogP contribution is -2.08. The number of pyridine rings is 1. The van der Waals surface area contributed by atoms with E-state index in [0.29, 0.717) is 5.56 Å². The average molecular weight is 388 g/mol. The fourth-order valence-corrected chi connectivity index (χ4v) is 2.75. The Morgan fingerprint density at radius 3 is 2.66 bits per heavy atom. The number of nitro groups is 1. The molecule has 2 heterocycles. The first-order valence-corrected chi connectivity index (χ1v) is 8.46. The van der Waals surface area contributed by atoms with Gasteiger partial charge in [0.05, 0.1) is 16.1 Å². The number of fused-ring (bicyclic) bond motifs is 1. The Hall–Kier alpha value is -4.33. The zero-order chi connectivity index (χ0) is 20.4. The van der Waals surface area contributed by atoms with Gasteiger partial charge < -0.3 is 9.47 Å². The lowest BCUT2D eigenvalue weighted by Gasteiger charge is -2.05. The molecule has 0 fully saturated rings. The first kappa shape index (κ1) is 18.1. The predicted molar refractivity (Wildman–Crippen MR) is 102 cm³/mol. The summed E-state index contributed by atoms with van der Waals surface area (Å²) in [4.78, 5) is 38.9. The largest absolute Gasteiger partial charge is 0.452 e. The van der Waals surface area contributed by atoms with Gasteiger partial charge in [0.1, 0.15) is 11.5 Å². The Labute approximate surface area is 164 Å². The van der Waals surface area contributed by atoms with Crippen LogP contribution in [0.15, 0.2) is 72.8 Å². The number of allylic oxidation sites excluding steroid dienone is 1. The van der Waals surface area contributed by atoms with Crippen LogP contribution in [0, 0.1) is 10.1 Å². The molecule has 29 heavy (non-hydrogen) atoms. The molecule has 3 aromatic rings. The zero-order valence-corrected chi connectivity index (χ0v) is 14.8. The number of carbonyl (C=O) groups is 2. The Kier molecular flexibility index (Phi) is 4.58. The molecule has 0 N–H and O–H groups in total. The van der Waals surface area contributed by atoms with Crippen LogP contribution in [-0.2, 0) is 0 Å². The minimum Gasteiger partial charge on any atom is -0.452 e. The lowest BCUT2D eigenvalue weighted by atomic mass is 10.1. The minimum atomic E-state index is -0.759. The van der Waals surface area contributed by atoms with Crippen molar-refractivity contribution in [2.75, 3.05) is 0 Å². The zero-order valence-electron chi connectivity index (χ0n) is 14.8. The molecule has 0 saturated heterocycles. The van der Waals surface area contributed by atoms with E-state index < -0.39 is 10.9 Å². The van der Waals surface area contributed by atoms with Gasteiger partial charge in [-0.3, -0.25) is 19.9 Å². The third kappa shape index (κ3) is 3.72. The second-order valence-corrected chi connectivity index (χ2v) is 6.08. The van der Waals surface area contributed by atoms with Gasteiger partial charge in [-0.05, 0) is 42.0 Å². The maximum Gasteiger partial charge on any atom is 0.343 e. The van der Waals surface area contributed by atoms with Crippen LogP contribution >= 0.6 is 0 Å². The summed E-state index contributed by atoms with van der Waals surface area (Å²) in [5, 5.41) is 10.9. The molecule has 0 bridgehead atoms. The van der Waals surface area contributed by atoms with Crippen LogP contribution in [0.2, 0.25) is 0 Å². The molecule has 4 rings (SSSR count). The normalized spacial score (nSPS) is 13.7. The van der Waals surface area contributed by atoms with Gasteiger partial charge in [0.15, 0.2) is 5.76 Å². The molecule has 8 nitrogen and oxygen atoms in total. The fourth-order valence-electron chi connectivity index (χ4n) is 2.75. The third-order valence-electron chi connectivity index (χ3n) is 4.15. The number of nitrogens with zero attached hydrogens (tertiary/aromatic N) is 2. The summed E-state index contributed by atoms with van der Waals surface area (Å²) in [6.07, 6.45) is 4.80. The minimum absolute atomic E-state index is 0.0370. The van der Waals surface area contributed by atoms with Gasteiger partial charge in [-0.2, -0.15) is 0 Å². The molecule has 1 aromatic heterocycles. The van der Waals surface area contributed by atoms with E-state index in [-0.39, 0.29) is 34.3 Å². The number of rotatable bonds is 4. The molecule has 0 atom stereocenters. The van der Waals surface area contributed by atoms with Crippen molar-refractivity contribution in [3.8, 4) is 11.5 Å². The number of esters is 1. The van der Waals surface area contributed by atoms with E-state index in [1.165, 1.54) is 36.4 Å². The number of ketones is 1. The number of benzene rings is 2. The van der Waals surface area contributed by atoms with Gasteiger partial charge in [-0.15, -0.1) is 0 Å². The summed E-state index contributed by atoms with van der Waals surface area (Å²) in [6.45, 7) is 0. The topological polar surface area (TPSA) is 109 Å². The van der Waals surface area contributed by atoms with E-state index in [4.69, 9.17) is 9.47 Å². The van der Waals surface area contributed by atoms with Gasteiger partial charge in [0.25, 0.3) is 5.69 Å². The molecule has 0 radical (unpaired) electrons. The number of ether oxygens (including phenoxy) is 2. The molecular weight excluding hydrogens is 376 g/mol. The van der Waals surface area contributed by atoms with Crippen molar-refractivity contribution in [1.29, 1.82) is 0 Å². The highest BCUT2D eigenvalue weighted by molar-refractivity contribution is 6.14. The van der Waals surface area contributed by atoms with Crippen LogP contribution in [0.3, 0.4) is 0 Å². The van der Waals surface area contributed by atoms with E-state index in [0.717, 1.165) is 11.6 Å². The fraction of sp³-hybridized carbons (Fsp3) is 0. The molecule has 0 spiro atoms. The first-order chi connectivity index (χ1) is 14.0. The summed E-state index contributed by atoms with van der Waals surface area (Å²) < 4.78 is 10.9. The highest BCUT2D eigenvalue weighted by Crippen LogP contribution is 2.35. The number of hydrogen-bond donors (Lipinski definition) is 0. The van der Waals surface area contributed by atoms with Crippen molar-refractivity contribution < 1.29 is 24.0 Å². The summed E-state index contributed by atoms with van der Waals surface area (Å²) in [6, 6.07) is 13.1. The Morgan fingerprint density at radius 2 is 1.90 bits per heavy atom. The molecule has 0 unspecified atom stereocenters. The Morgan fingerprint density at radius 1 is 1.10 bits per heavy atom. The first-order valence-electron chi connectivity index (χ1n) is 8.46. The van der Waals surface area contributed by atoms with Crippen LogP contribution in [0.1, 0.15) is 26.3 Å². The molecule has 0 aliphatic carbocycles. The van der Waals surface area contributed by atoms with Crippen LogP contribution < -0.4 is 9.47 Å². The summed E-state index contributed by atoms with van der Waals surface area (Å²) in [5.74, 6) is -0.481. The van der Waals surface area contributed by atoms with E-state index in [9.17, 15) is 19.7 Å². The Balaban J connectivity index is 1.55. The number of non-ortho nitro benzene ring substituents is 1. The SMILES string of the molecule is O=C(Oc1ccc2c(c1)OC(=Cc1ccncc1)C2=O)c1cccc([N+](=O)[O-])c1. The molecule has 142 valence electrons. The van der Waals surface area contributed by atoms with E-state index in [1.807, 2.05) is 0 Å². The Bertz CT molecular complexity index is 1170. The van der Waals surface area contributed by atoms with Gasteiger partial charge >= 0.3 is 5.97 Å². The predicted octanol–water partition coefficient (Wildman–Crippen LogP) is 3.83. The van der Waals surface area contributed by atoms with Crippen molar-refractivity contribution in [3.63, 3.8) is 0 Å². The smallest absolute Gasteiger partial charge is 0.343 e. The van der Waals surface area contributed by atoms with Crippen LogP contribution in [-0.4, -0.2) is 21.7 Å². The van der Waals surface area contributed by atoms with Gasteiger partial charge in [0.2, 0.25) is 5.78 Å². The molecule has 2 aromatic carbocycles. The average Bonchev–Trinajstić information content (AvgIpc) is 3.03. The van der Waals surface area contributed by atoms with Gasteiger partial charge in [-0.1, -0.05) is 6.07 Å². The standard InChI is InChI=1S/C21H12N2O6/c24-20-17-5-4-16(28-21(25)14-2-1-3-15(11-14)23(26)27)12-18(17)29-19(20)10-13-6-8-22-9-7-13/h1-12H. The van der Waals surface area contributed by atoms with Crippen molar-refractivity contribution in [2.45, 2.75) is 0 Å². The third-order valence-corrected chi connectivity index (χ3v) is 4.15. The molecule has 8 heteroatoms. The quantitative estimate of drug-likeness (QED) is 0.220. The van der Waals surface area contributed by atoms with Crippen LogP contribution in [0.25, 0.3) is 6.08 Å². The second kappa shape index (κ2) is 7.35. The number of carbonyl (C=O) groups excluding carboxylic acids is 2. The lowest BCUT2D eigenvalue weighted by molar-refractivity contribution is -0.384. The van der Waals surface area contributed by atoms with Crippen LogP contribution in [0.5, 0.6) is 11.5 Å². The van der Waals surface area contributed by atoms with Crippen molar-refractivity contribution in [2.24, 2.45) is 0 Å². The van der Waals surface area contributed by atoms with Crippen molar-refractivity contribution in [3.05, 3.63) is 99.6 Å². The monoisotopic (exact) mass is 388 g/mol. The highest BCUT2D eigenvalue weighted by atomic mass is 16.6. The molecule has 0 amide bonds. The van der Waals surface area contributed by atoms with Crippen LogP contribution in [0.4, 0.5) is 5.69 Å². The maximum absolute atomic E-state index is 12.5. The second-order valence-electron chi connectivity index (χ2n) is 6.08. The highest BCUT2D eigenvalue weighted by Gasteiger charge is 2.28. The molecule has 1 aliphatic rings. The number of aromatic nitrogens is 1. The van der Waals surface area contributed by atoms with E-state index in [1.54, 1.807) is 30.6 Å². The molecule has 1 aliphatic heterocycles. The van der Waals surface area contributed by atoms with Crippen molar-refractivity contribution in [1.82, 2.24) is 4.98 Å². The summed E-state index contributed by atoms with van der Waals surface area (Å²) in [5.41, 5.74) is 0.928. The van der Waals surface area contributed by atoms with Crippen molar-refractivity contribution >= 4 is 23.5 Å². The van der Waals surface area contributed by atoms with E-state index in [2.05, 4.69) is 4.98 Å². The van der Waals surface area contributed by atoms with Gasteiger partial charge in [-0.25, -0.2) is 4.79 Å². The molecular formula is C21H12N2O6. The van der Waals surface area contributed by atoms with E-state index >= 15 is 0 Å². The summed E-state index contributed by atoms with van der Waals surface area (Å²) in [7, 11) is 0. The maximum atomic E-state index is 12.5. The summed E-state index contributed by atoms with van der Waals surface area (Å²) >= 11 is 0.